The molecule has 1 heterocycles. The molecule has 0 unspecified atom stereocenters. The number of alkyl halides is 3. The third-order valence-electron chi connectivity index (χ3n) is 2.49. The maximum Gasteiger partial charge on any atom is 0.416 e. The smallest absolute Gasteiger partial charge is 0.299 e. The van der Waals surface area contributed by atoms with Gasteiger partial charge in [-0.2, -0.15) is 13.2 Å². The van der Waals surface area contributed by atoms with Crippen LogP contribution in [0.1, 0.15) is 31.4 Å². The Kier molecular flexibility index (Phi) is 4.26. The van der Waals surface area contributed by atoms with E-state index in [1.807, 2.05) is 0 Å². The molecule has 0 fully saturated rings. The van der Waals surface area contributed by atoms with Crippen molar-refractivity contribution in [3.63, 3.8) is 0 Å². The molecule has 0 aliphatic heterocycles. The summed E-state index contributed by atoms with van der Waals surface area (Å²) in [6, 6.07) is 0.940. The van der Waals surface area contributed by atoms with Crippen LogP contribution in [0.3, 0.4) is 0 Å². The first-order valence-electron chi connectivity index (χ1n) is 5.35. The Morgan fingerprint density at radius 2 is 2.06 bits per heavy atom. The van der Waals surface area contributed by atoms with Crippen molar-refractivity contribution in [2.24, 2.45) is 5.92 Å². The average Bonchev–Trinajstić information content (AvgIpc) is 2.24. The number of aromatic nitrogens is 1. The van der Waals surface area contributed by atoms with Gasteiger partial charge in [0.25, 0.3) is 0 Å². The highest BCUT2D eigenvalue weighted by atomic mass is 19.4. The van der Waals surface area contributed by atoms with E-state index in [9.17, 15) is 18.0 Å². The summed E-state index contributed by atoms with van der Waals surface area (Å²) in [7, 11) is 0. The molecule has 1 rings (SSSR count). The molecule has 0 atom stereocenters. The van der Waals surface area contributed by atoms with Crippen LogP contribution < -0.4 is 0 Å². The van der Waals surface area contributed by atoms with Gasteiger partial charge in [0.05, 0.1) is 5.56 Å². The normalized spacial score (nSPS) is 11.9. The average molecular weight is 245 g/mol. The van der Waals surface area contributed by atoms with Crippen molar-refractivity contribution in [2.75, 3.05) is 0 Å². The fourth-order valence-corrected chi connectivity index (χ4v) is 1.45. The van der Waals surface area contributed by atoms with Gasteiger partial charge in [0.15, 0.2) is 0 Å². The lowest BCUT2D eigenvalue weighted by atomic mass is 9.99. The molecule has 0 radical (unpaired) electrons. The zero-order valence-electron chi connectivity index (χ0n) is 9.71. The summed E-state index contributed by atoms with van der Waals surface area (Å²) >= 11 is 0. The first-order valence-corrected chi connectivity index (χ1v) is 5.35. The van der Waals surface area contributed by atoms with E-state index in [0.29, 0.717) is 0 Å². The van der Waals surface area contributed by atoms with Crippen LogP contribution in [0.2, 0.25) is 0 Å². The van der Waals surface area contributed by atoms with Crippen LogP contribution in [0.5, 0.6) is 0 Å². The molecule has 5 heteroatoms. The van der Waals surface area contributed by atoms with Gasteiger partial charge in [-0.15, -0.1) is 0 Å². The predicted octanol–water partition coefficient (Wildman–Crippen LogP) is 3.26. The number of nitrogens with zero attached hydrogens (tertiary/aromatic N) is 1. The number of carbonyl (C=O) groups is 1. The summed E-state index contributed by atoms with van der Waals surface area (Å²) in [6.45, 7) is 3.46. The lowest BCUT2D eigenvalue weighted by molar-refractivity contribution is -0.138. The number of halogens is 3. The number of pyridine rings is 1. The Morgan fingerprint density at radius 1 is 1.41 bits per heavy atom. The van der Waals surface area contributed by atoms with Gasteiger partial charge in [-0.05, 0) is 18.1 Å². The largest absolute Gasteiger partial charge is 0.416 e. The summed E-state index contributed by atoms with van der Waals surface area (Å²) < 4.78 is 37.9. The molecular formula is C12H14F3NO. The minimum Gasteiger partial charge on any atom is -0.299 e. The minimum atomic E-state index is -4.39. The van der Waals surface area contributed by atoms with Crippen molar-refractivity contribution < 1.29 is 18.0 Å². The first-order chi connectivity index (χ1) is 7.82. The lowest BCUT2D eigenvalue weighted by Crippen LogP contribution is -2.12. The van der Waals surface area contributed by atoms with Crippen molar-refractivity contribution in [3.05, 3.63) is 29.6 Å². The van der Waals surface area contributed by atoms with E-state index in [1.54, 1.807) is 13.8 Å². The van der Waals surface area contributed by atoms with E-state index < -0.39 is 11.7 Å². The maximum atomic E-state index is 12.6. The van der Waals surface area contributed by atoms with Gasteiger partial charge in [0, 0.05) is 24.7 Å². The Balaban J connectivity index is 2.82. The molecule has 2 nitrogen and oxygen atoms in total. The third-order valence-corrected chi connectivity index (χ3v) is 2.49. The molecule has 0 amide bonds. The van der Waals surface area contributed by atoms with Gasteiger partial charge < -0.3 is 0 Å². The number of rotatable bonds is 4. The SMILES string of the molecule is CC(C)C(=O)CCc1cnccc1C(F)(F)F. The Labute approximate surface area is 97.9 Å². The Bertz CT molecular complexity index is 399. The van der Waals surface area contributed by atoms with Crippen LogP contribution in [0.4, 0.5) is 13.2 Å². The van der Waals surface area contributed by atoms with E-state index in [0.717, 1.165) is 12.3 Å². The van der Waals surface area contributed by atoms with Crippen molar-refractivity contribution >= 4 is 5.78 Å². The minimum absolute atomic E-state index is 0.0398. The number of aryl methyl sites for hydroxylation is 1. The molecule has 0 aromatic carbocycles. The second-order valence-corrected chi connectivity index (χ2v) is 4.15. The van der Waals surface area contributed by atoms with E-state index in [4.69, 9.17) is 0 Å². The topological polar surface area (TPSA) is 30.0 Å². The van der Waals surface area contributed by atoms with E-state index in [-0.39, 0.29) is 30.1 Å². The van der Waals surface area contributed by atoms with Gasteiger partial charge in [-0.1, -0.05) is 13.8 Å². The van der Waals surface area contributed by atoms with Crippen molar-refractivity contribution in [1.29, 1.82) is 0 Å². The van der Waals surface area contributed by atoms with Crippen molar-refractivity contribution in [1.82, 2.24) is 4.98 Å². The molecular weight excluding hydrogens is 231 g/mol. The number of carbonyl (C=O) groups excluding carboxylic acids is 1. The van der Waals surface area contributed by atoms with Crippen LogP contribution >= 0.6 is 0 Å². The van der Waals surface area contributed by atoms with Crippen LogP contribution in [0, 0.1) is 5.92 Å². The monoisotopic (exact) mass is 245 g/mol. The molecule has 0 saturated carbocycles. The van der Waals surface area contributed by atoms with Crippen LogP contribution in [-0.4, -0.2) is 10.8 Å². The lowest BCUT2D eigenvalue weighted by Gasteiger charge is -2.12. The maximum absolute atomic E-state index is 12.6. The molecule has 0 saturated heterocycles. The quantitative estimate of drug-likeness (QED) is 0.815. The molecule has 94 valence electrons. The Morgan fingerprint density at radius 3 is 2.59 bits per heavy atom. The summed E-state index contributed by atoms with van der Waals surface area (Å²) in [6.07, 6.45) is -1.90. The zero-order valence-corrected chi connectivity index (χ0v) is 9.71. The molecule has 17 heavy (non-hydrogen) atoms. The van der Waals surface area contributed by atoms with Gasteiger partial charge in [0.2, 0.25) is 0 Å². The summed E-state index contributed by atoms with van der Waals surface area (Å²) in [5.41, 5.74) is -0.627. The van der Waals surface area contributed by atoms with Gasteiger partial charge in [0.1, 0.15) is 5.78 Å². The van der Waals surface area contributed by atoms with Gasteiger partial charge in [-0.3, -0.25) is 9.78 Å². The second kappa shape index (κ2) is 5.29. The van der Waals surface area contributed by atoms with Crippen LogP contribution in [0.25, 0.3) is 0 Å². The molecule has 1 aromatic rings. The Hall–Kier alpha value is -1.39. The molecule has 0 spiro atoms. The zero-order chi connectivity index (χ0) is 13.1. The van der Waals surface area contributed by atoms with Crippen molar-refractivity contribution in [3.8, 4) is 0 Å². The molecule has 1 aromatic heterocycles. The first kappa shape index (κ1) is 13.7. The van der Waals surface area contributed by atoms with E-state index in [2.05, 4.69) is 4.98 Å². The number of Topliss-reactive ketones (excluding diaryl/α,β-unsaturated/α-hetero) is 1. The second-order valence-electron chi connectivity index (χ2n) is 4.15. The van der Waals surface area contributed by atoms with E-state index in [1.165, 1.54) is 6.20 Å². The fourth-order valence-electron chi connectivity index (χ4n) is 1.45. The molecule has 0 N–H and O–H groups in total. The van der Waals surface area contributed by atoms with Crippen LogP contribution in [0.15, 0.2) is 18.5 Å². The standard InChI is InChI=1S/C12H14F3NO/c1-8(2)11(17)4-3-9-7-16-6-5-10(9)12(13,14)15/h5-8H,3-4H2,1-2H3. The highest BCUT2D eigenvalue weighted by Gasteiger charge is 2.33. The van der Waals surface area contributed by atoms with Crippen molar-refractivity contribution in [2.45, 2.75) is 32.9 Å². The molecule has 0 bridgehead atoms. The number of ketones is 1. The fraction of sp³-hybridized carbons (Fsp3) is 0.500. The highest BCUT2D eigenvalue weighted by molar-refractivity contribution is 5.80. The summed E-state index contributed by atoms with van der Waals surface area (Å²) in [5.74, 6) is -0.192. The molecule has 0 aliphatic rings. The van der Waals surface area contributed by atoms with Crippen LogP contribution in [-0.2, 0) is 17.4 Å². The third kappa shape index (κ3) is 3.84. The van der Waals surface area contributed by atoms with E-state index >= 15 is 0 Å². The summed E-state index contributed by atoms with van der Waals surface area (Å²) in [4.78, 5) is 15.0. The molecule has 0 aliphatic carbocycles. The number of hydrogen-bond acceptors (Lipinski definition) is 2. The number of hydrogen-bond donors (Lipinski definition) is 0. The van der Waals surface area contributed by atoms with Gasteiger partial charge in [-0.25, -0.2) is 0 Å². The highest BCUT2D eigenvalue weighted by Crippen LogP contribution is 2.31. The predicted molar refractivity (Wildman–Crippen MR) is 57.4 cm³/mol. The summed E-state index contributed by atoms with van der Waals surface area (Å²) in [5, 5.41) is 0. The van der Waals surface area contributed by atoms with Gasteiger partial charge >= 0.3 is 6.18 Å².